The average molecular weight is 236 g/mol. The van der Waals surface area contributed by atoms with E-state index in [1.54, 1.807) is 0 Å². The molecule has 0 spiro atoms. The number of aryl methyl sites for hydroxylation is 1. The van der Waals surface area contributed by atoms with Gasteiger partial charge in [0, 0.05) is 4.47 Å². The second kappa shape index (κ2) is 4.84. The van der Waals surface area contributed by atoms with Crippen molar-refractivity contribution >= 4 is 22.0 Å². The van der Waals surface area contributed by atoms with Gasteiger partial charge in [0.2, 0.25) is 0 Å². The molecule has 0 bridgehead atoms. The predicted octanol–water partition coefficient (Wildman–Crippen LogP) is 3.68. The van der Waals surface area contributed by atoms with Gasteiger partial charge in [-0.25, -0.2) is 0 Å². The summed E-state index contributed by atoms with van der Waals surface area (Å²) in [6.07, 6.45) is 4.31. The molecule has 0 aliphatic rings. The Morgan fingerprint density at radius 3 is 3.00 bits per heavy atom. The third-order valence-electron chi connectivity index (χ3n) is 1.75. The van der Waals surface area contributed by atoms with Crippen molar-refractivity contribution < 1.29 is 0 Å². The van der Waals surface area contributed by atoms with E-state index in [0.717, 1.165) is 10.0 Å². The van der Waals surface area contributed by atoms with Crippen molar-refractivity contribution in [1.82, 2.24) is 0 Å². The van der Waals surface area contributed by atoms with Crippen LogP contribution in [0.4, 0.5) is 0 Å². The van der Waals surface area contributed by atoms with Crippen LogP contribution in [0.1, 0.15) is 17.5 Å². The summed E-state index contributed by atoms with van der Waals surface area (Å²) in [7, 11) is 0. The van der Waals surface area contributed by atoms with Crippen molar-refractivity contribution in [3.63, 3.8) is 0 Å². The van der Waals surface area contributed by atoms with E-state index in [-0.39, 0.29) is 0 Å². The second-order valence-electron chi connectivity index (χ2n) is 2.77. The zero-order valence-electron chi connectivity index (χ0n) is 7.42. The topological polar surface area (TPSA) is 23.8 Å². The highest BCUT2D eigenvalue weighted by Crippen LogP contribution is 2.17. The van der Waals surface area contributed by atoms with Gasteiger partial charge in [-0.15, -0.1) is 0 Å². The normalized spacial score (nSPS) is 10.2. The minimum atomic E-state index is 0.464. The third-order valence-corrected chi connectivity index (χ3v) is 2.24. The van der Waals surface area contributed by atoms with Crippen LogP contribution in [0.3, 0.4) is 0 Å². The van der Waals surface area contributed by atoms with E-state index in [9.17, 15) is 0 Å². The molecule has 0 unspecified atom stereocenters. The van der Waals surface area contributed by atoms with E-state index >= 15 is 0 Å². The van der Waals surface area contributed by atoms with Gasteiger partial charge in [0.15, 0.2) is 0 Å². The van der Waals surface area contributed by atoms with Gasteiger partial charge in [0.1, 0.15) is 0 Å². The van der Waals surface area contributed by atoms with Gasteiger partial charge in [-0.05, 0) is 30.2 Å². The van der Waals surface area contributed by atoms with Gasteiger partial charge in [-0.1, -0.05) is 34.1 Å². The quantitative estimate of drug-likeness (QED) is 0.768. The second-order valence-corrected chi connectivity index (χ2v) is 3.68. The summed E-state index contributed by atoms with van der Waals surface area (Å²) in [4.78, 5) is 0. The Bertz CT molecular complexity index is 361. The number of nitrogens with zero attached hydrogens (tertiary/aromatic N) is 1. The molecule has 0 heterocycles. The van der Waals surface area contributed by atoms with E-state index < -0.39 is 0 Å². The fourth-order valence-electron chi connectivity index (χ4n) is 1.03. The first-order valence-electron chi connectivity index (χ1n) is 4.03. The lowest BCUT2D eigenvalue weighted by molar-refractivity contribution is 1.35. The zero-order chi connectivity index (χ0) is 9.68. The minimum Gasteiger partial charge on any atom is -0.198 e. The zero-order valence-corrected chi connectivity index (χ0v) is 9.01. The summed E-state index contributed by atoms with van der Waals surface area (Å²) in [5, 5.41) is 8.36. The molecule has 0 saturated heterocycles. The molecular weight excluding hydrogens is 226 g/mol. The van der Waals surface area contributed by atoms with Crippen LogP contribution < -0.4 is 0 Å². The van der Waals surface area contributed by atoms with Gasteiger partial charge in [-0.2, -0.15) is 5.26 Å². The first-order valence-corrected chi connectivity index (χ1v) is 4.83. The van der Waals surface area contributed by atoms with Crippen LogP contribution in [0.15, 0.2) is 28.7 Å². The molecule has 0 radical (unpaired) electrons. The number of benzene rings is 1. The number of halogens is 1. The highest BCUT2D eigenvalue weighted by atomic mass is 79.9. The van der Waals surface area contributed by atoms with E-state index in [2.05, 4.69) is 35.0 Å². The fraction of sp³-hybridized carbons (Fsp3) is 0.182. The van der Waals surface area contributed by atoms with E-state index in [1.807, 2.05) is 24.3 Å². The first-order chi connectivity index (χ1) is 6.24. The monoisotopic (exact) mass is 235 g/mol. The molecule has 13 heavy (non-hydrogen) atoms. The largest absolute Gasteiger partial charge is 0.198 e. The van der Waals surface area contributed by atoms with Crippen molar-refractivity contribution in [2.24, 2.45) is 0 Å². The van der Waals surface area contributed by atoms with E-state index in [1.165, 1.54) is 5.56 Å². The smallest absolute Gasteiger partial charge is 0.0663 e. The summed E-state index contributed by atoms with van der Waals surface area (Å²) in [5.74, 6) is 0. The lowest BCUT2D eigenvalue weighted by atomic mass is 10.1. The fourth-order valence-corrected chi connectivity index (χ4v) is 1.41. The Labute approximate surface area is 86.8 Å². The molecule has 0 aliphatic heterocycles. The Morgan fingerprint density at radius 2 is 2.31 bits per heavy atom. The average Bonchev–Trinajstić information content (AvgIpc) is 2.11. The standard InChI is InChI=1S/C11H10BrN/c1-9-5-6-11(12)8-10(9)4-2-3-7-13/h2,4-6,8H,3H2,1H3. The third kappa shape index (κ3) is 3.04. The van der Waals surface area contributed by atoms with Gasteiger partial charge in [0.25, 0.3) is 0 Å². The SMILES string of the molecule is Cc1ccc(Br)cc1C=CCC#N. The number of hydrogen-bond acceptors (Lipinski definition) is 1. The first kappa shape index (κ1) is 10.0. The van der Waals surface area contributed by atoms with Crippen molar-refractivity contribution in [3.05, 3.63) is 39.9 Å². The van der Waals surface area contributed by atoms with E-state index in [0.29, 0.717) is 6.42 Å². The van der Waals surface area contributed by atoms with Gasteiger partial charge in [0.05, 0.1) is 12.5 Å². The molecule has 1 aromatic carbocycles. The summed E-state index contributed by atoms with van der Waals surface area (Å²) in [6.45, 7) is 2.05. The highest BCUT2D eigenvalue weighted by molar-refractivity contribution is 9.10. The lowest BCUT2D eigenvalue weighted by Crippen LogP contribution is -1.79. The lowest BCUT2D eigenvalue weighted by Gasteiger charge is -1.99. The van der Waals surface area contributed by atoms with Crippen LogP contribution in [0, 0.1) is 18.3 Å². The van der Waals surface area contributed by atoms with Crippen molar-refractivity contribution in [2.45, 2.75) is 13.3 Å². The number of allylic oxidation sites excluding steroid dienone is 1. The van der Waals surface area contributed by atoms with Crippen LogP contribution >= 0.6 is 15.9 Å². The summed E-state index contributed by atoms with van der Waals surface area (Å²) >= 11 is 3.41. The molecule has 0 atom stereocenters. The molecule has 0 fully saturated rings. The maximum Gasteiger partial charge on any atom is 0.0663 e. The molecule has 1 aromatic rings. The number of hydrogen-bond donors (Lipinski definition) is 0. The molecule has 0 amide bonds. The van der Waals surface area contributed by atoms with Crippen LogP contribution in [0.25, 0.3) is 6.08 Å². The van der Waals surface area contributed by atoms with E-state index in [4.69, 9.17) is 5.26 Å². The molecule has 0 aliphatic carbocycles. The molecule has 66 valence electrons. The van der Waals surface area contributed by atoms with Crippen LogP contribution in [-0.2, 0) is 0 Å². The van der Waals surface area contributed by atoms with Crippen molar-refractivity contribution in [3.8, 4) is 6.07 Å². The maximum atomic E-state index is 8.36. The molecule has 1 rings (SSSR count). The highest BCUT2D eigenvalue weighted by Gasteiger charge is 1.93. The maximum absolute atomic E-state index is 8.36. The summed E-state index contributed by atoms with van der Waals surface area (Å²) < 4.78 is 1.06. The molecule has 0 aromatic heterocycles. The molecule has 0 N–H and O–H groups in total. The Hall–Kier alpha value is -1.07. The number of nitriles is 1. The van der Waals surface area contributed by atoms with Gasteiger partial charge < -0.3 is 0 Å². The predicted molar refractivity (Wildman–Crippen MR) is 58.1 cm³/mol. The minimum absolute atomic E-state index is 0.464. The Morgan fingerprint density at radius 1 is 1.54 bits per heavy atom. The number of rotatable bonds is 2. The van der Waals surface area contributed by atoms with Crippen LogP contribution in [0.5, 0.6) is 0 Å². The van der Waals surface area contributed by atoms with Gasteiger partial charge in [-0.3, -0.25) is 0 Å². The molecule has 1 nitrogen and oxygen atoms in total. The van der Waals surface area contributed by atoms with Crippen molar-refractivity contribution in [2.75, 3.05) is 0 Å². The molecule has 0 saturated carbocycles. The van der Waals surface area contributed by atoms with Crippen LogP contribution in [-0.4, -0.2) is 0 Å². The summed E-state index contributed by atoms with van der Waals surface area (Å²) in [6, 6.07) is 8.18. The Kier molecular flexibility index (Phi) is 3.72. The van der Waals surface area contributed by atoms with Crippen molar-refractivity contribution in [1.29, 1.82) is 5.26 Å². The van der Waals surface area contributed by atoms with Crippen LogP contribution in [0.2, 0.25) is 0 Å². The molecule has 2 heteroatoms. The molecular formula is C11H10BrN. The Balaban J connectivity index is 2.88. The summed E-state index contributed by atoms with van der Waals surface area (Å²) in [5.41, 5.74) is 2.38. The van der Waals surface area contributed by atoms with Gasteiger partial charge >= 0.3 is 0 Å².